The molecule has 0 aliphatic rings. The van der Waals surface area contributed by atoms with Crippen LogP contribution in [0, 0.1) is 0 Å². The predicted molar refractivity (Wildman–Crippen MR) is 343 cm³/mol. The number of rotatable bonds is 9. The van der Waals surface area contributed by atoms with Crippen molar-refractivity contribution in [3.8, 4) is 56.9 Å². The van der Waals surface area contributed by atoms with Crippen LogP contribution in [0.3, 0.4) is 0 Å². The van der Waals surface area contributed by atoms with Crippen molar-refractivity contribution in [1.82, 2.24) is 33.2 Å². The van der Waals surface area contributed by atoms with E-state index in [0.29, 0.717) is 17.8 Å². The van der Waals surface area contributed by atoms with Crippen molar-refractivity contribution in [3.05, 3.63) is 285 Å². The molecule has 0 saturated heterocycles. The zero-order valence-electron chi connectivity index (χ0n) is 44.8. The molecule has 388 valence electrons. The van der Waals surface area contributed by atoms with Crippen molar-refractivity contribution in [2.24, 2.45) is 0 Å². The maximum atomic E-state index is 5.69. The van der Waals surface area contributed by atoms with Gasteiger partial charge in [-0.2, -0.15) is 15.0 Å². The molecule has 12 aromatic carbocycles. The van der Waals surface area contributed by atoms with E-state index in [1.807, 2.05) is 0 Å². The molecule has 0 amide bonds. The minimum absolute atomic E-state index is 0.482. The van der Waals surface area contributed by atoms with Gasteiger partial charge in [-0.3, -0.25) is 13.7 Å². The van der Waals surface area contributed by atoms with Crippen LogP contribution in [0.5, 0.6) is 0 Å². The van der Waals surface area contributed by atoms with Gasteiger partial charge in [-0.1, -0.05) is 218 Å². The number of nitrogens with one attached hydrogen (secondary N) is 1. The van der Waals surface area contributed by atoms with E-state index in [2.05, 4.69) is 309 Å². The Labute approximate surface area is 476 Å². The van der Waals surface area contributed by atoms with Crippen LogP contribution in [0.25, 0.3) is 144 Å². The van der Waals surface area contributed by atoms with E-state index in [4.69, 9.17) is 15.0 Å². The summed E-state index contributed by atoms with van der Waals surface area (Å²) in [5, 5.41) is 12.9. The third-order valence-electron chi connectivity index (χ3n) is 16.7. The number of anilines is 2. The molecule has 0 saturated carbocycles. The summed E-state index contributed by atoms with van der Waals surface area (Å²) in [6.45, 7) is 0. The van der Waals surface area contributed by atoms with E-state index in [1.54, 1.807) is 0 Å². The van der Waals surface area contributed by atoms with Gasteiger partial charge < -0.3 is 9.88 Å². The summed E-state index contributed by atoms with van der Waals surface area (Å²) in [6.07, 6.45) is 0. The maximum Gasteiger partial charge on any atom is 0.241 e. The largest absolute Gasteiger partial charge is 0.355 e. The molecule has 17 rings (SSSR count). The number of benzene rings is 12. The quantitative estimate of drug-likeness (QED) is 0.156. The van der Waals surface area contributed by atoms with Gasteiger partial charge in [-0.05, 0) is 94.5 Å². The monoisotopic (exact) mass is 1060 g/mol. The zero-order chi connectivity index (χ0) is 54.5. The van der Waals surface area contributed by atoms with Crippen LogP contribution in [0.2, 0.25) is 0 Å². The second-order valence-corrected chi connectivity index (χ2v) is 21.3. The number of para-hydroxylation sites is 6. The van der Waals surface area contributed by atoms with Crippen molar-refractivity contribution in [2.75, 3.05) is 5.32 Å². The van der Waals surface area contributed by atoms with Crippen LogP contribution in [0.1, 0.15) is 0 Å². The average molecular weight is 1060 g/mol. The third-order valence-corrected chi connectivity index (χ3v) is 16.7. The Morgan fingerprint density at radius 3 is 1.11 bits per heavy atom. The SMILES string of the molecule is c1ccc(-c2ccc(-c3ccccc3Nc3ccc4c5ccc(-n6c7ccccc7c7ccc(-c8ccccc8)cc76)cc5n(-c5nc(-n6c7ccccc7c7ccccc76)nc(-n6c7ccccc7c7ccccc76)n5)c4c3)cc2)cc1. The Balaban J connectivity index is 0.935. The Kier molecular flexibility index (Phi) is 10.4. The first-order chi connectivity index (χ1) is 41.2. The molecule has 5 heterocycles. The predicted octanol–water partition coefficient (Wildman–Crippen LogP) is 19.0. The minimum atomic E-state index is 0.482. The van der Waals surface area contributed by atoms with Gasteiger partial charge in [-0.15, -0.1) is 0 Å². The van der Waals surface area contributed by atoms with Crippen LogP contribution in [0.4, 0.5) is 11.4 Å². The molecule has 0 bridgehead atoms. The molecule has 0 aliphatic heterocycles. The van der Waals surface area contributed by atoms with Crippen LogP contribution >= 0.6 is 0 Å². The van der Waals surface area contributed by atoms with Gasteiger partial charge >= 0.3 is 0 Å². The van der Waals surface area contributed by atoms with E-state index in [-0.39, 0.29) is 0 Å². The molecule has 0 spiro atoms. The molecule has 0 atom stereocenters. The van der Waals surface area contributed by atoms with Gasteiger partial charge in [0.25, 0.3) is 0 Å². The van der Waals surface area contributed by atoms with E-state index in [0.717, 1.165) is 110 Å². The second kappa shape index (κ2) is 18.6. The highest BCUT2D eigenvalue weighted by atomic mass is 15.3. The molecule has 83 heavy (non-hydrogen) atoms. The molecule has 8 nitrogen and oxygen atoms in total. The Bertz CT molecular complexity index is 5180. The molecular weight excluding hydrogens is 1010 g/mol. The molecule has 8 heteroatoms. The van der Waals surface area contributed by atoms with Gasteiger partial charge in [0.15, 0.2) is 0 Å². The Morgan fingerprint density at radius 1 is 0.229 bits per heavy atom. The maximum absolute atomic E-state index is 5.69. The summed E-state index contributed by atoms with van der Waals surface area (Å²) in [5.74, 6) is 1.50. The Morgan fingerprint density at radius 2 is 0.578 bits per heavy atom. The summed E-state index contributed by atoms with van der Waals surface area (Å²) in [5.41, 5.74) is 18.0. The van der Waals surface area contributed by atoms with Gasteiger partial charge in [0.2, 0.25) is 17.8 Å². The highest BCUT2D eigenvalue weighted by Gasteiger charge is 2.24. The molecule has 1 N–H and O–H groups in total. The first-order valence-electron chi connectivity index (χ1n) is 28.1. The highest BCUT2D eigenvalue weighted by Crippen LogP contribution is 2.41. The third kappa shape index (κ3) is 7.43. The van der Waals surface area contributed by atoms with Crippen molar-refractivity contribution in [1.29, 1.82) is 0 Å². The molecule has 5 aromatic heterocycles. The molecular formula is C75H48N8. The van der Waals surface area contributed by atoms with Crippen molar-refractivity contribution in [2.45, 2.75) is 0 Å². The van der Waals surface area contributed by atoms with Crippen molar-refractivity contribution >= 4 is 98.6 Å². The molecule has 0 fully saturated rings. The second-order valence-electron chi connectivity index (χ2n) is 21.3. The Hall–Kier alpha value is -11.4. The average Bonchev–Trinajstić information content (AvgIpc) is 2.97. The summed E-state index contributed by atoms with van der Waals surface area (Å²) >= 11 is 0. The van der Waals surface area contributed by atoms with Crippen molar-refractivity contribution in [3.63, 3.8) is 0 Å². The van der Waals surface area contributed by atoms with Crippen LogP contribution in [-0.2, 0) is 0 Å². The standard InChI is InChI=1S/C75H48N8/c1-3-19-48(20-4-1)50-35-37-51(38-36-50)55-23-7-13-29-64(55)76-53-40-43-62-63-44-41-54(80-65-30-14-8-28-60(65)61-42-39-52(45-70(61)80)49-21-5-2-6-22-49)47-72(63)83(71(62)46-53)75-78-73(81-66-31-15-9-24-56(66)57-25-10-16-32-67(57)81)77-74(79-75)82-68-33-17-11-26-58(68)59-27-12-18-34-69(59)82/h1-47,76H. The summed E-state index contributed by atoms with van der Waals surface area (Å²) < 4.78 is 9.07. The lowest BCUT2D eigenvalue weighted by molar-refractivity contribution is 0.848. The minimum Gasteiger partial charge on any atom is -0.355 e. The lowest BCUT2D eigenvalue weighted by Crippen LogP contribution is -2.13. The summed E-state index contributed by atoms with van der Waals surface area (Å²) in [4.78, 5) is 16.9. The number of nitrogens with zero attached hydrogens (tertiary/aromatic N) is 7. The first-order valence-corrected chi connectivity index (χ1v) is 28.1. The summed E-state index contributed by atoms with van der Waals surface area (Å²) in [7, 11) is 0. The topological polar surface area (TPSA) is 70.4 Å². The van der Waals surface area contributed by atoms with E-state index >= 15 is 0 Å². The van der Waals surface area contributed by atoms with Crippen LogP contribution < -0.4 is 5.32 Å². The van der Waals surface area contributed by atoms with Gasteiger partial charge in [-0.25, -0.2) is 0 Å². The fourth-order valence-electron chi connectivity index (χ4n) is 12.9. The number of hydrogen-bond donors (Lipinski definition) is 1. The first kappa shape index (κ1) is 46.6. The molecule has 0 aliphatic carbocycles. The lowest BCUT2D eigenvalue weighted by Gasteiger charge is -2.15. The van der Waals surface area contributed by atoms with Gasteiger partial charge in [0, 0.05) is 65.7 Å². The van der Waals surface area contributed by atoms with Crippen LogP contribution in [0.15, 0.2) is 285 Å². The van der Waals surface area contributed by atoms with E-state index in [1.165, 1.54) is 27.5 Å². The highest BCUT2D eigenvalue weighted by molar-refractivity contribution is 6.14. The zero-order valence-corrected chi connectivity index (χ0v) is 44.8. The molecule has 0 radical (unpaired) electrons. The van der Waals surface area contributed by atoms with Gasteiger partial charge in [0.05, 0.1) is 44.1 Å². The number of hydrogen-bond acceptors (Lipinski definition) is 4. The normalized spacial score (nSPS) is 11.9. The molecule has 17 aromatic rings. The smallest absolute Gasteiger partial charge is 0.241 e. The fourth-order valence-corrected chi connectivity index (χ4v) is 12.9. The molecule has 0 unspecified atom stereocenters. The lowest BCUT2D eigenvalue weighted by atomic mass is 9.99. The van der Waals surface area contributed by atoms with Crippen LogP contribution in [-0.4, -0.2) is 33.2 Å². The van der Waals surface area contributed by atoms with E-state index < -0.39 is 0 Å². The fraction of sp³-hybridized carbons (Fsp3) is 0. The number of fused-ring (bicyclic) bond motifs is 12. The van der Waals surface area contributed by atoms with E-state index in [9.17, 15) is 0 Å². The van der Waals surface area contributed by atoms with Gasteiger partial charge in [0.1, 0.15) is 0 Å². The van der Waals surface area contributed by atoms with Crippen molar-refractivity contribution < 1.29 is 0 Å². The summed E-state index contributed by atoms with van der Waals surface area (Å²) in [6, 6.07) is 102. The number of aromatic nitrogens is 7.